The second-order valence-corrected chi connectivity index (χ2v) is 2.51. The molecule has 0 aromatic heterocycles. The second kappa shape index (κ2) is 3.31. The van der Waals surface area contributed by atoms with Crippen LogP contribution in [-0.2, 0) is 0 Å². The summed E-state index contributed by atoms with van der Waals surface area (Å²) in [5.41, 5.74) is 4.72. The van der Waals surface area contributed by atoms with Gasteiger partial charge in [0.2, 0.25) is 0 Å². The van der Waals surface area contributed by atoms with Crippen molar-refractivity contribution in [1.29, 1.82) is 0 Å². The standard InChI is InChI=1S/C4H8F3NS/c1-9-2-3(8)4(5,6)7/h3H,2,8H2,1H3. The van der Waals surface area contributed by atoms with Crippen LogP contribution >= 0.6 is 11.8 Å². The Morgan fingerprint density at radius 3 is 2.11 bits per heavy atom. The van der Waals surface area contributed by atoms with E-state index < -0.39 is 12.2 Å². The monoisotopic (exact) mass is 159 g/mol. The molecule has 0 amide bonds. The molecule has 0 aliphatic rings. The molecule has 0 spiro atoms. The van der Waals surface area contributed by atoms with Gasteiger partial charge in [0.15, 0.2) is 0 Å². The molecule has 0 heterocycles. The number of thioether (sulfide) groups is 1. The molecule has 0 aromatic rings. The lowest BCUT2D eigenvalue weighted by Crippen LogP contribution is -2.39. The summed E-state index contributed by atoms with van der Waals surface area (Å²) in [7, 11) is 0. The van der Waals surface area contributed by atoms with Gasteiger partial charge in [-0.2, -0.15) is 24.9 Å². The van der Waals surface area contributed by atoms with Crippen molar-refractivity contribution in [2.75, 3.05) is 12.0 Å². The van der Waals surface area contributed by atoms with Crippen LogP contribution in [0.1, 0.15) is 0 Å². The topological polar surface area (TPSA) is 26.0 Å². The molecule has 0 radical (unpaired) electrons. The van der Waals surface area contributed by atoms with Gasteiger partial charge in [-0.3, -0.25) is 0 Å². The van der Waals surface area contributed by atoms with E-state index >= 15 is 0 Å². The third-order valence-corrected chi connectivity index (χ3v) is 1.46. The van der Waals surface area contributed by atoms with Crippen molar-refractivity contribution in [3.05, 3.63) is 0 Å². The summed E-state index contributed by atoms with van der Waals surface area (Å²) in [6, 6.07) is -1.67. The SMILES string of the molecule is CSCC(N)C(F)(F)F. The van der Waals surface area contributed by atoms with E-state index in [4.69, 9.17) is 5.73 Å². The maximum atomic E-state index is 11.5. The van der Waals surface area contributed by atoms with Crippen LogP contribution in [0.2, 0.25) is 0 Å². The van der Waals surface area contributed by atoms with Crippen LogP contribution < -0.4 is 5.73 Å². The van der Waals surface area contributed by atoms with Crippen molar-refractivity contribution in [3.63, 3.8) is 0 Å². The Labute approximate surface area is 55.8 Å². The van der Waals surface area contributed by atoms with Gasteiger partial charge in [-0.25, -0.2) is 0 Å². The molecule has 0 saturated heterocycles. The molecule has 9 heavy (non-hydrogen) atoms. The predicted molar refractivity (Wildman–Crippen MR) is 32.4 cm³/mol. The molecule has 1 nitrogen and oxygen atoms in total. The highest BCUT2D eigenvalue weighted by atomic mass is 32.2. The first-order valence-electron chi connectivity index (χ1n) is 2.29. The molecule has 56 valence electrons. The van der Waals surface area contributed by atoms with Crippen LogP contribution in [0.3, 0.4) is 0 Å². The van der Waals surface area contributed by atoms with Crippen LogP contribution in [0.15, 0.2) is 0 Å². The van der Waals surface area contributed by atoms with E-state index in [0.717, 1.165) is 11.8 Å². The minimum atomic E-state index is -4.23. The van der Waals surface area contributed by atoms with Crippen molar-refractivity contribution in [2.45, 2.75) is 12.2 Å². The van der Waals surface area contributed by atoms with Crippen LogP contribution in [-0.4, -0.2) is 24.2 Å². The van der Waals surface area contributed by atoms with E-state index in [1.807, 2.05) is 0 Å². The Bertz CT molecular complexity index is 82.4. The van der Waals surface area contributed by atoms with Gasteiger partial charge in [-0.1, -0.05) is 0 Å². The molecule has 0 fully saturated rings. The number of nitrogens with two attached hydrogens (primary N) is 1. The fraction of sp³-hybridized carbons (Fsp3) is 1.00. The lowest BCUT2D eigenvalue weighted by atomic mass is 10.4. The lowest BCUT2D eigenvalue weighted by molar-refractivity contribution is -0.142. The Morgan fingerprint density at radius 1 is 1.56 bits per heavy atom. The summed E-state index contributed by atoms with van der Waals surface area (Å²) in [6.45, 7) is 0. The third-order valence-electron chi connectivity index (χ3n) is 0.767. The second-order valence-electron chi connectivity index (χ2n) is 1.60. The number of halogens is 3. The first-order chi connectivity index (χ1) is 3.98. The van der Waals surface area contributed by atoms with Gasteiger partial charge in [0.1, 0.15) is 6.04 Å². The highest BCUT2D eigenvalue weighted by Gasteiger charge is 2.35. The maximum absolute atomic E-state index is 11.5. The smallest absolute Gasteiger partial charge is 0.319 e. The molecule has 0 aromatic carbocycles. The van der Waals surface area contributed by atoms with Gasteiger partial charge >= 0.3 is 6.18 Å². The van der Waals surface area contributed by atoms with Crippen LogP contribution in [0.5, 0.6) is 0 Å². The largest absolute Gasteiger partial charge is 0.404 e. The quantitative estimate of drug-likeness (QED) is 0.656. The summed E-state index contributed by atoms with van der Waals surface area (Å²) in [6.07, 6.45) is -2.64. The Hall–Kier alpha value is 0.100. The molecule has 1 atom stereocenters. The maximum Gasteiger partial charge on any atom is 0.404 e. The van der Waals surface area contributed by atoms with Crippen molar-refractivity contribution in [3.8, 4) is 0 Å². The zero-order chi connectivity index (χ0) is 7.49. The summed E-state index contributed by atoms with van der Waals surface area (Å²) >= 11 is 1.09. The number of rotatable bonds is 2. The average molecular weight is 159 g/mol. The summed E-state index contributed by atoms with van der Waals surface area (Å²) < 4.78 is 34.5. The fourth-order valence-electron chi connectivity index (χ4n) is 0.274. The molecule has 0 aliphatic carbocycles. The Morgan fingerprint density at radius 2 is 2.00 bits per heavy atom. The normalized spacial score (nSPS) is 15.7. The van der Waals surface area contributed by atoms with Crippen LogP contribution in [0.4, 0.5) is 13.2 Å². The van der Waals surface area contributed by atoms with Crippen molar-refractivity contribution < 1.29 is 13.2 Å². The lowest BCUT2D eigenvalue weighted by Gasteiger charge is -2.12. The molecule has 2 N–H and O–H groups in total. The zero-order valence-electron chi connectivity index (χ0n) is 4.90. The highest BCUT2D eigenvalue weighted by Crippen LogP contribution is 2.20. The van der Waals surface area contributed by atoms with Gasteiger partial charge in [-0.05, 0) is 6.26 Å². The van der Waals surface area contributed by atoms with E-state index in [-0.39, 0.29) is 5.75 Å². The van der Waals surface area contributed by atoms with E-state index in [9.17, 15) is 13.2 Å². The van der Waals surface area contributed by atoms with Crippen molar-refractivity contribution in [1.82, 2.24) is 0 Å². The molecule has 1 unspecified atom stereocenters. The summed E-state index contributed by atoms with van der Waals surface area (Å²) in [4.78, 5) is 0. The molecular weight excluding hydrogens is 151 g/mol. The number of hydrogen-bond donors (Lipinski definition) is 1. The third kappa shape index (κ3) is 3.64. The fourth-order valence-corrected chi connectivity index (χ4v) is 0.822. The first kappa shape index (κ1) is 9.10. The summed E-state index contributed by atoms with van der Waals surface area (Å²) in [5.74, 6) is -0.0660. The first-order valence-corrected chi connectivity index (χ1v) is 3.69. The van der Waals surface area contributed by atoms with E-state index in [1.165, 1.54) is 0 Å². The highest BCUT2D eigenvalue weighted by molar-refractivity contribution is 7.98. The van der Waals surface area contributed by atoms with Crippen molar-refractivity contribution in [2.24, 2.45) is 5.73 Å². The van der Waals surface area contributed by atoms with Crippen LogP contribution in [0.25, 0.3) is 0 Å². The number of alkyl halides is 3. The molecular formula is C4H8F3NS. The van der Waals surface area contributed by atoms with E-state index in [0.29, 0.717) is 0 Å². The van der Waals surface area contributed by atoms with Crippen molar-refractivity contribution >= 4 is 11.8 Å². The van der Waals surface area contributed by atoms with Crippen LogP contribution in [0, 0.1) is 0 Å². The Balaban J connectivity index is 3.59. The van der Waals surface area contributed by atoms with Gasteiger partial charge in [0.05, 0.1) is 0 Å². The van der Waals surface area contributed by atoms with Gasteiger partial charge in [0.25, 0.3) is 0 Å². The average Bonchev–Trinajstić information content (AvgIpc) is 1.64. The van der Waals surface area contributed by atoms with Gasteiger partial charge < -0.3 is 5.73 Å². The number of hydrogen-bond acceptors (Lipinski definition) is 2. The van der Waals surface area contributed by atoms with Gasteiger partial charge in [-0.15, -0.1) is 0 Å². The molecule has 0 bridgehead atoms. The van der Waals surface area contributed by atoms with Gasteiger partial charge in [0, 0.05) is 5.75 Å². The molecule has 0 saturated carbocycles. The Kier molecular flexibility index (Phi) is 3.35. The summed E-state index contributed by atoms with van der Waals surface area (Å²) in [5, 5.41) is 0. The molecule has 5 heteroatoms. The molecule has 0 rings (SSSR count). The predicted octanol–water partition coefficient (Wildman–Crippen LogP) is 1.24. The molecule has 0 aliphatic heterocycles. The van der Waals surface area contributed by atoms with E-state index in [2.05, 4.69) is 0 Å². The van der Waals surface area contributed by atoms with E-state index in [1.54, 1.807) is 6.26 Å². The minimum Gasteiger partial charge on any atom is -0.319 e. The zero-order valence-corrected chi connectivity index (χ0v) is 5.72. The minimum absolute atomic E-state index is 0.0660.